The third kappa shape index (κ3) is 7.48. The summed E-state index contributed by atoms with van der Waals surface area (Å²) in [5, 5.41) is 6.03. The fraction of sp³-hybridized carbons (Fsp3) is 0.389. The molecule has 0 radical (unpaired) electrons. The number of aromatic nitrogens is 2. The summed E-state index contributed by atoms with van der Waals surface area (Å²) in [7, 11) is 3.10. The summed E-state index contributed by atoms with van der Waals surface area (Å²) in [5.41, 5.74) is 3.57. The van der Waals surface area contributed by atoms with E-state index >= 15 is 0 Å². The third-order valence-corrected chi connectivity index (χ3v) is 8.89. The maximum Gasteiger partial charge on any atom is 0.258 e. The number of amides is 3. The van der Waals surface area contributed by atoms with Gasteiger partial charge in [0.2, 0.25) is 11.8 Å². The summed E-state index contributed by atoms with van der Waals surface area (Å²) < 4.78 is 25.5. The molecule has 3 aliphatic heterocycles. The highest BCUT2D eigenvalue weighted by molar-refractivity contribution is 5.80. The number of aryl methyl sites for hydroxylation is 3. The van der Waals surface area contributed by atoms with E-state index in [0.29, 0.717) is 61.9 Å². The van der Waals surface area contributed by atoms with Crippen LogP contribution in [-0.2, 0) is 33.9 Å². The largest absolute Gasteiger partial charge is 0.496 e. The Morgan fingerprint density at radius 2 is 1.83 bits per heavy atom. The zero-order chi connectivity index (χ0) is 33.6. The minimum atomic E-state index is -0.505. The number of nitrogens with one attached hydrogen (secondary N) is 2. The smallest absolute Gasteiger partial charge is 0.258 e. The lowest BCUT2D eigenvalue weighted by atomic mass is 10.0. The lowest BCUT2D eigenvalue weighted by Crippen LogP contribution is -2.58. The van der Waals surface area contributed by atoms with Gasteiger partial charge in [0.1, 0.15) is 23.4 Å². The molecule has 0 spiro atoms. The average Bonchev–Trinajstić information content (AvgIpc) is 3.42. The predicted molar refractivity (Wildman–Crippen MR) is 178 cm³/mol. The number of rotatable bonds is 5. The summed E-state index contributed by atoms with van der Waals surface area (Å²) in [5.74, 6) is 2.40. The van der Waals surface area contributed by atoms with Crippen LogP contribution in [0.3, 0.4) is 0 Å². The molecule has 3 aliphatic rings. The van der Waals surface area contributed by atoms with Gasteiger partial charge >= 0.3 is 0 Å². The molecule has 0 saturated carbocycles. The summed E-state index contributed by atoms with van der Waals surface area (Å²) in [4.78, 5) is 46.0. The Hall–Kier alpha value is -5.26. The number of ether oxygens (including phenoxy) is 4. The van der Waals surface area contributed by atoms with Gasteiger partial charge in [-0.1, -0.05) is 18.2 Å². The van der Waals surface area contributed by atoms with Crippen LogP contribution in [0.4, 0.5) is 0 Å². The Kier molecular flexibility index (Phi) is 9.98. The first-order valence-corrected chi connectivity index (χ1v) is 16.2. The topological polar surface area (TPSA) is 133 Å². The van der Waals surface area contributed by atoms with Gasteiger partial charge in [0.05, 0.1) is 31.3 Å². The molecule has 2 N–H and O–H groups in total. The molecule has 252 valence electrons. The van der Waals surface area contributed by atoms with E-state index in [-0.39, 0.29) is 37.3 Å². The van der Waals surface area contributed by atoms with Gasteiger partial charge in [-0.2, -0.15) is 0 Å². The van der Waals surface area contributed by atoms with Crippen LogP contribution in [0.2, 0.25) is 0 Å². The maximum atomic E-state index is 13.5. The number of hydrogen-bond acceptors (Lipinski definition) is 8. The van der Waals surface area contributed by atoms with Crippen LogP contribution in [0.5, 0.6) is 23.0 Å². The van der Waals surface area contributed by atoms with Crippen molar-refractivity contribution in [3.8, 4) is 23.0 Å². The second kappa shape index (κ2) is 14.7. The van der Waals surface area contributed by atoms with Gasteiger partial charge in [-0.15, -0.1) is 0 Å². The molecular weight excluding hydrogens is 614 g/mol. The summed E-state index contributed by atoms with van der Waals surface area (Å²) in [6.07, 6.45) is 1.12. The number of nitrogens with zero attached hydrogens (tertiary/aromatic N) is 3. The van der Waals surface area contributed by atoms with Crippen molar-refractivity contribution in [3.63, 3.8) is 0 Å². The van der Waals surface area contributed by atoms with Crippen LogP contribution in [0.1, 0.15) is 36.2 Å². The van der Waals surface area contributed by atoms with Gasteiger partial charge < -0.3 is 39.0 Å². The molecule has 3 aromatic carbocycles. The van der Waals surface area contributed by atoms with E-state index in [1.54, 1.807) is 30.2 Å². The molecule has 4 heterocycles. The van der Waals surface area contributed by atoms with E-state index in [2.05, 4.69) is 20.2 Å². The van der Waals surface area contributed by atoms with E-state index in [4.69, 9.17) is 18.9 Å². The minimum Gasteiger partial charge on any atom is -0.496 e. The van der Waals surface area contributed by atoms with E-state index < -0.39 is 12.1 Å². The predicted octanol–water partition coefficient (Wildman–Crippen LogP) is 3.56. The fourth-order valence-electron chi connectivity index (χ4n) is 6.32. The summed E-state index contributed by atoms with van der Waals surface area (Å²) in [6, 6.07) is 18.3. The molecule has 4 aromatic rings. The van der Waals surface area contributed by atoms with E-state index in [1.165, 1.54) is 7.11 Å². The standard InChI is InChI=1S/C36H41N5O7/c1-23-38-27-6-4-5-7-29(27)41(23)17-15-36(44)40-16-14-30-28(21-40)39-35(43)22-47-33-18-24(8-12-31(33)45-2)9-13-34(42)37-20-25-10-11-26(48-30)19-32(25)46-3/h4-8,10-12,18-19,28,30H,9,13-17,20-22H2,1-3H3,(H,37,42)(H,39,43)/t28-,30+/m1/s1. The van der Waals surface area contributed by atoms with Gasteiger partial charge in [-0.3, -0.25) is 14.4 Å². The molecule has 7 rings (SSSR count). The Labute approximate surface area is 279 Å². The van der Waals surface area contributed by atoms with Crippen LogP contribution in [0.25, 0.3) is 11.0 Å². The highest BCUT2D eigenvalue weighted by atomic mass is 16.5. The van der Waals surface area contributed by atoms with Gasteiger partial charge in [0.25, 0.3) is 5.91 Å². The number of methoxy groups -OCH3 is 2. The van der Waals surface area contributed by atoms with Crippen molar-refractivity contribution in [2.45, 2.75) is 57.8 Å². The quantitative estimate of drug-likeness (QED) is 0.334. The van der Waals surface area contributed by atoms with Gasteiger partial charge in [-0.05, 0) is 55.3 Å². The van der Waals surface area contributed by atoms with Crippen molar-refractivity contribution in [3.05, 3.63) is 77.6 Å². The fourth-order valence-corrected chi connectivity index (χ4v) is 6.32. The Bertz CT molecular complexity index is 1800. The molecule has 2 atom stereocenters. The van der Waals surface area contributed by atoms with Crippen molar-refractivity contribution < 1.29 is 33.3 Å². The van der Waals surface area contributed by atoms with Crippen molar-refractivity contribution in [1.29, 1.82) is 0 Å². The Morgan fingerprint density at radius 1 is 1.00 bits per heavy atom. The third-order valence-electron chi connectivity index (χ3n) is 8.89. The number of para-hydroxylation sites is 2. The highest BCUT2D eigenvalue weighted by Crippen LogP contribution is 2.30. The van der Waals surface area contributed by atoms with E-state index in [1.807, 2.05) is 49.4 Å². The average molecular weight is 656 g/mol. The monoisotopic (exact) mass is 655 g/mol. The van der Waals surface area contributed by atoms with E-state index in [9.17, 15) is 14.4 Å². The molecule has 0 unspecified atom stereocenters. The second-order valence-corrected chi connectivity index (χ2v) is 12.0. The highest BCUT2D eigenvalue weighted by Gasteiger charge is 2.34. The number of piperidine rings is 1. The van der Waals surface area contributed by atoms with Crippen molar-refractivity contribution in [2.24, 2.45) is 0 Å². The lowest BCUT2D eigenvalue weighted by Gasteiger charge is -2.39. The number of benzene rings is 3. The first-order valence-electron chi connectivity index (χ1n) is 16.2. The summed E-state index contributed by atoms with van der Waals surface area (Å²) in [6.45, 7) is 3.22. The minimum absolute atomic E-state index is 0.0127. The normalized spacial score (nSPS) is 18.7. The molecule has 12 nitrogen and oxygen atoms in total. The lowest BCUT2D eigenvalue weighted by molar-refractivity contribution is -0.135. The van der Waals surface area contributed by atoms with Crippen LogP contribution in [0, 0.1) is 6.92 Å². The number of fused-ring (bicyclic) bond motifs is 10. The first-order chi connectivity index (χ1) is 23.3. The van der Waals surface area contributed by atoms with Crippen LogP contribution in [0.15, 0.2) is 60.7 Å². The molecular formula is C36H41N5O7. The molecule has 12 heteroatoms. The number of imidazole rings is 1. The second-order valence-electron chi connectivity index (χ2n) is 12.0. The van der Waals surface area contributed by atoms with Crippen LogP contribution >= 0.6 is 0 Å². The first kappa shape index (κ1) is 32.7. The molecule has 1 aromatic heterocycles. The van der Waals surface area contributed by atoms with Crippen molar-refractivity contribution in [2.75, 3.05) is 33.9 Å². The van der Waals surface area contributed by atoms with Crippen LogP contribution in [-0.4, -0.2) is 78.2 Å². The number of likely N-dealkylation sites (tertiary alicyclic amines) is 1. The van der Waals surface area contributed by atoms with Gasteiger partial charge in [-0.25, -0.2) is 4.98 Å². The number of hydrogen-bond donors (Lipinski definition) is 2. The van der Waals surface area contributed by atoms with Gasteiger partial charge in [0.15, 0.2) is 18.1 Å². The molecule has 4 bridgehead atoms. The molecule has 0 aliphatic carbocycles. The molecule has 48 heavy (non-hydrogen) atoms. The zero-order valence-corrected chi connectivity index (χ0v) is 27.5. The van der Waals surface area contributed by atoms with E-state index in [0.717, 1.165) is 28.0 Å². The molecule has 1 saturated heterocycles. The SMILES string of the molecule is COc1cc2ccc1CNC(=O)CCc1ccc(OC)c(c1)OCC(=O)N[C@@H]1CN(C(=O)CCn3c(C)nc4ccccc43)CC[C@@H]1O2. The summed E-state index contributed by atoms with van der Waals surface area (Å²) >= 11 is 0. The Balaban J connectivity index is 1.21. The molecule has 1 fully saturated rings. The number of carbonyl (C=O) groups is 3. The van der Waals surface area contributed by atoms with Crippen LogP contribution < -0.4 is 29.6 Å². The van der Waals surface area contributed by atoms with Crippen molar-refractivity contribution in [1.82, 2.24) is 25.1 Å². The Morgan fingerprint density at radius 3 is 2.67 bits per heavy atom. The zero-order valence-electron chi connectivity index (χ0n) is 27.5. The number of carbonyl (C=O) groups excluding carboxylic acids is 3. The molecule has 3 amide bonds. The van der Waals surface area contributed by atoms with Gasteiger partial charge in [0, 0.05) is 57.1 Å². The maximum absolute atomic E-state index is 13.5. The van der Waals surface area contributed by atoms with Crippen molar-refractivity contribution >= 4 is 28.8 Å².